The third-order valence-electron chi connectivity index (χ3n) is 2.15. The minimum absolute atomic E-state index is 0.0232. The molecule has 0 aliphatic carbocycles. The maximum Gasteiger partial charge on any atom is 0.404 e. The molecular weight excluding hydrogens is 265 g/mol. The Balaban J connectivity index is 2.52. The van der Waals surface area contributed by atoms with E-state index in [-0.39, 0.29) is 19.5 Å². The Bertz CT molecular complexity index is 471. The van der Waals surface area contributed by atoms with E-state index >= 15 is 0 Å². The van der Waals surface area contributed by atoms with Gasteiger partial charge in [0.2, 0.25) is 0 Å². The molecule has 0 bridgehead atoms. The minimum Gasteiger partial charge on any atom is -0.465 e. The van der Waals surface area contributed by atoms with Crippen molar-refractivity contribution in [3.8, 4) is 0 Å². The Hall–Kier alpha value is -2.25. The fourth-order valence-electron chi connectivity index (χ4n) is 1.33. The van der Waals surface area contributed by atoms with Crippen molar-refractivity contribution in [3.63, 3.8) is 0 Å². The van der Waals surface area contributed by atoms with Crippen molar-refractivity contribution in [2.75, 3.05) is 13.1 Å². The monoisotopic (exact) mass is 276 g/mol. The van der Waals surface area contributed by atoms with Crippen molar-refractivity contribution in [2.45, 2.75) is 6.42 Å². The standard InChI is InChI=1S/C11H11F3N2O3/c12-6-4-7(13)9(8(14)5-6)10(17)15-2-1-3-16-11(18)19/h4-5,16H,1-3H2,(H,15,17)(H,18,19). The number of halogens is 3. The van der Waals surface area contributed by atoms with Gasteiger partial charge < -0.3 is 15.7 Å². The van der Waals surface area contributed by atoms with Crippen LogP contribution >= 0.6 is 0 Å². The summed E-state index contributed by atoms with van der Waals surface area (Å²) in [6, 6.07) is 0.813. The molecule has 19 heavy (non-hydrogen) atoms. The summed E-state index contributed by atoms with van der Waals surface area (Å²) in [6.45, 7) is 0.110. The second-order valence-electron chi connectivity index (χ2n) is 3.59. The lowest BCUT2D eigenvalue weighted by Gasteiger charge is -2.07. The van der Waals surface area contributed by atoms with Crippen LogP contribution in [0.25, 0.3) is 0 Å². The predicted molar refractivity (Wildman–Crippen MR) is 59.3 cm³/mol. The lowest BCUT2D eigenvalue weighted by atomic mass is 10.1. The van der Waals surface area contributed by atoms with Crippen molar-refractivity contribution in [3.05, 3.63) is 35.1 Å². The third-order valence-corrected chi connectivity index (χ3v) is 2.15. The average molecular weight is 276 g/mol. The highest BCUT2D eigenvalue weighted by molar-refractivity contribution is 5.94. The number of benzene rings is 1. The van der Waals surface area contributed by atoms with Crippen LogP contribution in [0.15, 0.2) is 12.1 Å². The van der Waals surface area contributed by atoms with Crippen molar-refractivity contribution < 1.29 is 27.9 Å². The minimum atomic E-state index is -1.29. The van der Waals surface area contributed by atoms with Gasteiger partial charge in [-0.15, -0.1) is 0 Å². The van der Waals surface area contributed by atoms with Crippen LogP contribution in [-0.2, 0) is 0 Å². The number of carbonyl (C=O) groups excluding carboxylic acids is 1. The number of nitrogens with one attached hydrogen (secondary N) is 2. The van der Waals surface area contributed by atoms with Gasteiger partial charge >= 0.3 is 6.09 Å². The summed E-state index contributed by atoms with van der Waals surface area (Å²) in [5.74, 6) is -4.72. The van der Waals surface area contributed by atoms with E-state index in [4.69, 9.17) is 5.11 Å². The molecule has 0 fully saturated rings. The molecule has 0 heterocycles. The van der Waals surface area contributed by atoms with Crippen molar-refractivity contribution >= 4 is 12.0 Å². The summed E-state index contributed by atoms with van der Waals surface area (Å²) in [5, 5.41) is 12.5. The Morgan fingerprint density at radius 2 is 1.58 bits per heavy atom. The predicted octanol–water partition coefficient (Wildman–Crippen LogP) is 1.49. The first-order chi connectivity index (χ1) is 8.91. The smallest absolute Gasteiger partial charge is 0.404 e. The SMILES string of the molecule is O=C(O)NCCCNC(=O)c1c(F)cc(F)cc1F. The second-order valence-corrected chi connectivity index (χ2v) is 3.59. The zero-order valence-corrected chi connectivity index (χ0v) is 9.67. The van der Waals surface area contributed by atoms with Gasteiger partial charge in [0.25, 0.3) is 5.91 Å². The fraction of sp³-hybridized carbons (Fsp3) is 0.273. The van der Waals surface area contributed by atoms with Crippen LogP contribution in [0, 0.1) is 17.5 Å². The molecule has 0 saturated carbocycles. The first kappa shape index (κ1) is 14.8. The molecule has 0 aliphatic rings. The van der Waals surface area contributed by atoms with E-state index in [0.717, 1.165) is 0 Å². The lowest BCUT2D eigenvalue weighted by Crippen LogP contribution is -2.30. The Morgan fingerprint density at radius 1 is 1.05 bits per heavy atom. The molecule has 1 rings (SSSR count). The molecule has 104 valence electrons. The van der Waals surface area contributed by atoms with Gasteiger partial charge in [-0.1, -0.05) is 0 Å². The first-order valence-corrected chi connectivity index (χ1v) is 5.31. The summed E-state index contributed by atoms with van der Waals surface area (Å²) in [5.41, 5.74) is -0.868. The summed E-state index contributed by atoms with van der Waals surface area (Å²) >= 11 is 0. The molecule has 3 N–H and O–H groups in total. The molecule has 0 saturated heterocycles. The van der Waals surface area contributed by atoms with Crippen molar-refractivity contribution in [1.29, 1.82) is 0 Å². The van der Waals surface area contributed by atoms with E-state index in [2.05, 4.69) is 10.6 Å². The molecular formula is C11H11F3N2O3. The Morgan fingerprint density at radius 3 is 2.11 bits per heavy atom. The number of amides is 2. The van der Waals surface area contributed by atoms with Crippen molar-refractivity contribution in [2.24, 2.45) is 0 Å². The Labute approximate surface area is 106 Å². The highest BCUT2D eigenvalue weighted by Gasteiger charge is 2.18. The Kier molecular flexibility index (Phi) is 5.16. The lowest BCUT2D eigenvalue weighted by molar-refractivity contribution is 0.0945. The molecule has 0 aromatic heterocycles. The van der Waals surface area contributed by atoms with Gasteiger partial charge in [0, 0.05) is 25.2 Å². The van der Waals surface area contributed by atoms with Crippen molar-refractivity contribution in [1.82, 2.24) is 10.6 Å². The van der Waals surface area contributed by atoms with E-state index in [0.29, 0.717) is 12.1 Å². The normalized spacial score (nSPS) is 10.1. The first-order valence-electron chi connectivity index (χ1n) is 5.31. The van der Waals surface area contributed by atoms with Gasteiger partial charge in [-0.3, -0.25) is 4.79 Å². The summed E-state index contributed by atoms with van der Waals surface area (Å²) in [7, 11) is 0. The highest BCUT2D eigenvalue weighted by Crippen LogP contribution is 2.14. The van der Waals surface area contributed by atoms with Gasteiger partial charge in [-0.25, -0.2) is 18.0 Å². The average Bonchev–Trinajstić information content (AvgIpc) is 2.26. The van der Waals surface area contributed by atoms with Crippen LogP contribution in [0.2, 0.25) is 0 Å². The van der Waals surface area contributed by atoms with Gasteiger partial charge in [-0.05, 0) is 6.42 Å². The van der Waals surface area contributed by atoms with Crippen LogP contribution in [-0.4, -0.2) is 30.2 Å². The summed E-state index contributed by atoms with van der Waals surface area (Å²) in [4.78, 5) is 21.6. The number of rotatable bonds is 5. The topological polar surface area (TPSA) is 78.4 Å². The fourth-order valence-corrected chi connectivity index (χ4v) is 1.33. The van der Waals surface area contributed by atoms with Crippen LogP contribution in [0.5, 0.6) is 0 Å². The van der Waals surface area contributed by atoms with E-state index in [9.17, 15) is 22.8 Å². The number of hydrogen-bond acceptors (Lipinski definition) is 2. The van der Waals surface area contributed by atoms with Gasteiger partial charge in [-0.2, -0.15) is 0 Å². The van der Waals surface area contributed by atoms with Gasteiger partial charge in [0.15, 0.2) is 0 Å². The van der Waals surface area contributed by atoms with Crippen LogP contribution in [0.4, 0.5) is 18.0 Å². The maximum absolute atomic E-state index is 13.2. The number of hydrogen-bond donors (Lipinski definition) is 3. The van der Waals surface area contributed by atoms with E-state index in [1.807, 2.05) is 0 Å². The maximum atomic E-state index is 13.2. The molecule has 1 aromatic carbocycles. The zero-order chi connectivity index (χ0) is 14.4. The van der Waals surface area contributed by atoms with Crippen LogP contribution in [0.1, 0.15) is 16.8 Å². The molecule has 0 spiro atoms. The molecule has 8 heteroatoms. The largest absolute Gasteiger partial charge is 0.465 e. The molecule has 0 radical (unpaired) electrons. The summed E-state index contributed by atoms with van der Waals surface area (Å²) < 4.78 is 39.0. The molecule has 2 amide bonds. The third kappa shape index (κ3) is 4.49. The zero-order valence-electron chi connectivity index (χ0n) is 9.67. The summed E-state index contributed by atoms with van der Waals surface area (Å²) in [6.07, 6.45) is -0.954. The molecule has 1 aromatic rings. The van der Waals surface area contributed by atoms with Gasteiger partial charge in [0.05, 0.1) is 0 Å². The molecule has 0 aliphatic heterocycles. The van der Waals surface area contributed by atoms with Crippen LogP contribution in [0.3, 0.4) is 0 Å². The van der Waals surface area contributed by atoms with E-state index in [1.54, 1.807) is 0 Å². The molecule has 0 unspecified atom stereocenters. The second kappa shape index (κ2) is 6.62. The van der Waals surface area contributed by atoms with E-state index < -0.39 is 35.0 Å². The highest BCUT2D eigenvalue weighted by atomic mass is 19.1. The number of carboxylic acid groups (broad SMARTS) is 1. The molecule has 0 atom stereocenters. The quantitative estimate of drug-likeness (QED) is 0.713. The van der Waals surface area contributed by atoms with Crippen LogP contribution < -0.4 is 10.6 Å². The molecule has 5 nitrogen and oxygen atoms in total. The van der Waals surface area contributed by atoms with Gasteiger partial charge in [0.1, 0.15) is 23.0 Å². The van der Waals surface area contributed by atoms with E-state index in [1.165, 1.54) is 0 Å². The number of carbonyl (C=O) groups is 2.